The minimum Gasteiger partial charge on any atom is -0.355 e. The number of hydrogen-bond acceptors (Lipinski definition) is 3. The molecule has 0 aromatic heterocycles. The standard InChI is InChI=1S/C16H25N3O2/c1-5-10-18-15(20)12(2)19(4)11-13-6-8-14(9-7-13)16(21)17-3/h6-9,12H,5,10-11H2,1-4H3,(H,17,21)(H,18,20). The smallest absolute Gasteiger partial charge is 0.251 e. The number of hydrogen-bond donors (Lipinski definition) is 2. The van der Waals surface area contributed by atoms with Crippen molar-refractivity contribution in [3.8, 4) is 0 Å². The van der Waals surface area contributed by atoms with E-state index in [-0.39, 0.29) is 17.9 Å². The summed E-state index contributed by atoms with van der Waals surface area (Å²) >= 11 is 0. The molecule has 0 aliphatic carbocycles. The van der Waals surface area contributed by atoms with Gasteiger partial charge in [-0.1, -0.05) is 19.1 Å². The topological polar surface area (TPSA) is 61.4 Å². The average molecular weight is 291 g/mol. The SMILES string of the molecule is CCCNC(=O)C(C)N(C)Cc1ccc(C(=O)NC)cc1. The van der Waals surface area contributed by atoms with E-state index in [2.05, 4.69) is 10.6 Å². The van der Waals surface area contributed by atoms with E-state index in [9.17, 15) is 9.59 Å². The summed E-state index contributed by atoms with van der Waals surface area (Å²) < 4.78 is 0. The van der Waals surface area contributed by atoms with Crippen LogP contribution in [-0.2, 0) is 11.3 Å². The molecule has 0 aliphatic heterocycles. The molecule has 1 rings (SSSR count). The molecule has 0 saturated heterocycles. The quantitative estimate of drug-likeness (QED) is 0.798. The summed E-state index contributed by atoms with van der Waals surface area (Å²) in [5.74, 6) is -0.0523. The largest absolute Gasteiger partial charge is 0.355 e. The van der Waals surface area contributed by atoms with Crippen LogP contribution in [0.25, 0.3) is 0 Å². The van der Waals surface area contributed by atoms with Crippen LogP contribution in [0.4, 0.5) is 0 Å². The van der Waals surface area contributed by atoms with Crippen molar-refractivity contribution in [2.45, 2.75) is 32.9 Å². The number of amides is 2. The molecule has 0 saturated carbocycles. The number of carbonyl (C=O) groups excluding carboxylic acids is 2. The van der Waals surface area contributed by atoms with Gasteiger partial charge in [0.15, 0.2) is 0 Å². The highest BCUT2D eigenvalue weighted by Gasteiger charge is 2.17. The fraction of sp³-hybridized carbons (Fsp3) is 0.500. The van der Waals surface area contributed by atoms with Gasteiger partial charge < -0.3 is 10.6 Å². The Hall–Kier alpha value is -1.88. The van der Waals surface area contributed by atoms with Gasteiger partial charge in [-0.05, 0) is 38.1 Å². The van der Waals surface area contributed by atoms with E-state index in [4.69, 9.17) is 0 Å². The van der Waals surface area contributed by atoms with Gasteiger partial charge >= 0.3 is 0 Å². The maximum absolute atomic E-state index is 11.9. The van der Waals surface area contributed by atoms with E-state index in [1.54, 1.807) is 19.2 Å². The fourth-order valence-electron chi connectivity index (χ4n) is 1.93. The molecule has 1 aromatic rings. The second-order valence-electron chi connectivity index (χ2n) is 5.16. The third kappa shape index (κ3) is 5.19. The van der Waals surface area contributed by atoms with E-state index in [0.717, 1.165) is 12.0 Å². The highest BCUT2D eigenvalue weighted by molar-refractivity contribution is 5.93. The highest BCUT2D eigenvalue weighted by Crippen LogP contribution is 2.09. The Bertz CT molecular complexity index is 471. The van der Waals surface area contributed by atoms with E-state index >= 15 is 0 Å². The Morgan fingerprint density at radius 3 is 2.38 bits per heavy atom. The van der Waals surface area contributed by atoms with Crippen LogP contribution in [0.5, 0.6) is 0 Å². The summed E-state index contributed by atoms with van der Waals surface area (Å²) in [6, 6.07) is 7.23. The molecule has 2 amide bonds. The monoisotopic (exact) mass is 291 g/mol. The van der Waals surface area contributed by atoms with Gasteiger partial charge in [-0.3, -0.25) is 14.5 Å². The maximum Gasteiger partial charge on any atom is 0.251 e. The summed E-state index contributed by atoms with van der Waals surface area (Å²) in [5.41, 5.74) is 1.71. The van der Waals surface area contributed by atoms with Crippen LogP contribution >= 0.6 is 0 Å². The van der Waals surface area contributed by atoms with Gasteiger partial charge in [0.2, 0.25) is 5.91 Å². The second kappa shape index (κ2) is 8.42. The van der Waals surface area contributed by atoms with Crippen molar-refractivity contribution < 1.29 is 9.59 Å². The number of carbonyl (C=O) groups is 2. The highest BCUT2D eigenvalue weighted by atomic mass is 16.2. The van der Waals surface area contributed by atoms with Crippen LogP contribution in [0.2, 0.25) is 0 Å². The molecule has 1 atom stereocenters. The summed E-state index contributed by atoms with van der Waals surface area (Å²) in [6.07, 6.45) is 0.934. The molecule has 5 nitrogen and oxygen atoms in total. The van der Waals surface area contributed by atoms with Crippen LogP contribution in [0.3, 0.4) is 0 Å². The normalized spacial score (nSPS) is 12.0. The van der Waals surface area contributed by atoms with Crippen molar-refractivity contribution in [3.63, 3.8) is 0 Å². The molecule has 21 heavy (non-hydrogen) atoms. The Kier molecular flexibility index (Phi) is 6.88. The molecule has 0 aliphatic rings. The Morgan fingerprint density at radius 1 is 1.24 bits per heavy atom. The molecule has 116 valence electrons. The van der Waals surface area contributed by atoms with Crippen LogP contribution in [0.1, 0.15) is 36.2 Å². The van der Waals surface area contributed by atoms with Crippen LogP contribution in [0.15, 0.2) is 24.3 Å². The molecule has 5 heteroatoms. The first-order chi connectivity index (χ1) is 9.99. The Morgan fingerprint density at radius 2 is 1.86 bits per heavy atom. The molecular weight excluding hydrogens is 266 g/mol. The van der Waals surface area contributed by atoms with Gasteiger partial charge in [0.05, 0.1) is 6.04 Å². The van der Waals surface area contributed by atoms with E-state index < -0.39 is 0 Å². The zero-order chi connectivity index (χ0) is 15.8. The van der Waals surface area contributed by atoms with Crippen molar-refractivity contribution in [2.24, 2.45) is 0 Å². The predicted octanol–water partition coefficient (Wildman–Crippen LogP) is 1.39. The summed E-state index contributed by atoms with van der Waals surface area (Å²) in [6.45, 7) is 5.29. The zero-order valence-electron chi connectivity index (χ0n) is 13.3. The molecule has 0 fully saturated rings. The van der Waals surface area contributed by atoms with E-state index in [0.29, 0.717) is 18.7 Å². The third-order valence-corrected chi connectivity index (χ3v) is 3.46. The fourth-order valence-corrected chi connectivity index (χ4v) is 1.93. The van der Waals surface area contributed by atoms with Crippen LogP contribution < -0.4 is 10.6 Å². The minimum absolute atomic E-state index is 0.0429. The first kappa shape index (κ1) is 17.2. The zero-order valence-corrected chi connectivity index (χ0v) is 13.3. The number of nitrogens with zero attached hydrogens (tertiary/aromatic N) is 1. The van der Waals surface area contributed by atoms with Crippen LogP contribution in [-0.4, -0.2) is 43.4 Å². The number of benzene rings is 1. The average Bonchev–Trinajstić information content (AvgIpc) is 2.51. The number of nitrogens with one attached hydrogen (secondary N) is 2. The predicted molar refractivity (Wildman–Crippen MR) is 84.1 cm³/mol. The van der Waals surface area contributed by atoms with Gasteiger partial charge in [-0.2, -0.15) is 0 Å². The third-order valence-electron chi connectivity index (χ3n) is 3.46. The van der Waals surface area contributed by atoms with Crippen molar-refractivity contribution in [3.05, 3.63) is 35.4 Å². The molecular formula is C16H25N3O2. The van der Waals surface area contributed by atoms with Gasteiger partial charge in [-0.15, -0.1) is 0 Å². The molecule has 0 spiro atoms. The molecule has 0 heterocycles. The number of rotatable bonds is 7. The molecule has 1 aromatic carbocycles. The lowest BCUT2D eigenvalue weighted by atomic mass is 10.1. The van der Waals surface area contributed by atoms with Crippen molar-refractivity contribution in [2.75, 3.05) is 20.6 Å². The molecule has 0 bridgehead atoms. The Balaban J connectivity index is 2.59. The van der Waals surface area contributed by atoms with Gasteiger partial charge in [-0.25, -0.2) is 0 Å². The minimum atomic E-state index is -0.185. The van der Waals surface area contributed by atoms with E-state index in [1.165, 1.54) is 0 Å². The number of likely N-dealkylation sites (N-methyl/N-ethyl adjacent to an activating group) is 1. The molecule has 0 radical (unpaired) electrons. The molecule has 2 N–H and O–H groups in total. The second-order valence-corrected chi connectivity index (χ2v) is 5.16. The van der Waals surface area contributed by atoms with Crippen molar-refractivity contribution in [1.29, 1.82) is 0 Å². The first-order valence-electron chi connectivity index (χ1n) is 7.28. The summed E-state index contributed by atoms with van der Waals surface area (Å²) in [7, 11) is 3.53. The Labute approximate surface area is 126 Å². The van der Waals surface area contributed by atoms with Crippen molar-refractivity contribution >= 4 is 11.8 Å². The lowest BCUT2D eigenvalue weighted by Crippen LogP contribution is -2.43. The van der Waals surface area contributed by atoms with E-state index in [1.807, 2.05) is 37.9 Å². The summed E-state index contributed by atoms with van der Waals surface area (Å²) in [5, 5.41) is 5.49. The first-order valence-corrected chi connectivity index (χ1v) is 7.28. The van der Waals surface area contributed by atoms with Crippen LogP contribution in [0, 0.1) is 0 Å². The molecule has 1 unspecified atom stereocenters. The lowest BCUT2D eigenvalue weighted by molar-refractivity contribution is -0.125. The lowest BCUT2D eigenvalue weighted by Gasteiger charge is -2.24. The van der Waals surface area contributed by atoms with Gasteiger partial charge in [0, 0.05) is 25.7 Å². The van der Waals surface area contributed by atoms with Crippen molar-refractivity contribution in [1.82, 2.24) is 15.5 Å². The summed E-state index contributed by atoms with van der Waals surface area (Å²) in [4.78, 5) is 25.4. The maximum atomic E-state index is 11.9. The van der Waals surface area contributed by atoms with Gasteiger partial charge in [0.1, 0.15) is 0 Å². The van der Waals surface area contributed by atoms with Gasteiger partial charge in [0.25, 0.3) is 5.91 Å².